The first-order valence-electron chi connectivity index (χ1n) is 7.08. The fourth-order valence-corrected chi connectivity index (χ4v) is 2.65. The molecule has 1 saturated carbocycles. The molecule has 1 aliphatic carbocycles. The monoisotopic (exact) mass is 257 g/mol. The van der Waals surface area contributed by atoms with Crippen molar-refractivity contribution in [1.29, 1.82) is 0 Å². The molecule has 1 fully saturated rings. The van der Waals surface area contributed by atoms with Crippen molar-refractivity contribution in [3.05, 3.63) is 0 Å². The Hall–Kier alpha value is -0.610. The third-order valence-corrected chi connectivity index (χ3v) is 4.18. The predicted octanol–water partition coefficient (Wildman–Crippen LogP) is 1.86. The highest BCUT2D eigenvalue weighted by atomic mass is 16.5. The van der Waals surface area contributed by atoms with Gasteiger partial charge in [-0.05, 0) is 38.0 Å². The molecule has 0 heterocycles. The lowest BCUT2D eigenvalue weighted by atomic mass is 9.78. The topological polar surface area (TPSA) is 58.6 Å². The van der Waals surface area contributed by atoms with Crippen molar-refractivity contribution in [2.45, 2.75) is 64.0 Å². The van der Waals surface area contributed by atoms with Crippen molar-refractivity contribution >= 4 is 5.97 Å². The summed E-state index contributed by atoms with van der Waals surface area (Å²) in [5, 5.41) is 13.6. The number of aliphatic hydroxyl groups is 1. The molecule has 0 aromatic heterocycles. The largest absolute Gasteiger partial charge is 0.468 e. The van der Waals surface area contributed by atoms with E-state index in [-0.39, 0.29) is 12.0 Å². The van der Waals surface area contributed by atoms with E-state index >= 15 is 0 Å². The number of rotatable bonds is 6. The lowest BCUT2D eigenvalue weighted by molar-refractivity contribution is -0.143. The summed E-state index contributed by atoms with van der Waals surface area (Å²) in [5.41, 5.74) is -0.646. The highest BCUT2D eigenvalue weighted by Crippen LogP contribution is 2.33. The number of nitrogens with one attached hydrogen (secondary N) is 1. The molecule has 0 amide bonds. The molecule has 0 aromatic carbocycles. The average molecular weight is 257 g/mol. The summed E-state index contributed by atoms with van der Waals surface area (Å²) in [6, 6.07) is -0.303. The first-order chi connectivity index (χ1) is 8.54. The molecule has 1 atom stereocenters. The van der Waals surface area contributed by atoms with Gasteiger partial charge in [-0.2, -0.15) is 0 Å². The van der Waals surface area contributed by atoms with Crippen LogP contribution in [-0.4, -0.2) is 36.4 Å². The lowest BCUT2D eigenvalue weighted by Crippen LogP contribution is -2.48. The molecule has 0 bridgehead atoms. The van der Waals surface area contributed by atoms with Crippen LogP contribution in [0.25, 0.3) is 0 Å². The molecule has 0 aromatic rings. The van der Waals surface area contributed by atoms with Gasteiger partial charge in [0.25, 0.3) is 0 Å². The van der Waals surface area contributed by atoms with Gasteiger partial charge >= 0.3 is 5.97 Å². The lowest BCUT2D eigenvalue weighted by Gasteiger charge is -2.36. The van der Waals surface area contributed by atoms with E-state index in [0.717, 1.165) is 31.6 Å². The van der Waals surface area contributed by atoms with Crippen LogP contribution >= 0.6 is 0 Å². The second-order valence-corrected chi connectivity index (χ2v) is 5.44. The summed E-state index contributed by atoms with van der Waals surface area (Å²) in [5.74, 6) is 0.510. The molecule has 1 unspecified atom stereocenters. The van der Waals surface area contributed by atoms with Crippen LogP contribution in [-0.2, 0) is 9.53 Å². The zero-order chi connectivity index (χ0) is 13.6. The minimum Gasteiger partial charge on any atom is -0.468 e. The van der Waals surface area contributed by atoms with Crippen molar-refractivity contribution in [3.8, 4) is 0 Å². The van der Waals surface area contributed by atoms with Crippen molar-refractivity contribution in [1.82, 2.24) is 5.32 Å². The Morgan fingerprint density at radius 1 is 1.44 bits per heavy atom. The summed E-state index contributed by atoms with van der Waals surface area (Å²) in [4.78, 5) is 11.5. The van der Waals surface area contributed by atoms with Crippen LogP contribution in [0.1, 0.15) is 52.4 Å². The Balaban J connectivity index is 2.40. The summed E-state index contributed by atoms with van der Waals surface area (Å²) >= 11 is 0. The number of ether oxygens (including phenoxy) is 1. The van der Waals surface area contributed by atoms with E-state index < -0.39 is 5.60 Å². The molecule has 4 heteroatoms. The first kappa shape index (κ1) is 15.4. The van der Waals surface area contributed by atoms with Gasteiger partial charge in [-0.3, -0.25) is 4.79 Å². The molecule has 0 radical (unpaired) electrons. The zero-order valence-corrected chi connectivity index (χ0v) is 11.9. The first-order valence-corrected chi connectivity index (χ1v) is 7.08. The van der Waals surface area contributed by atoms with Crippen LogP contribution in [0.15, 0.2) is 0 Å². The van der Waals surface area contributed by atoms with E-state index in [4.69, 9.17) is 4.74 Å². The summed E-state index contributed by atoms with van der Waals surface area (Å²) in [6.07, 6.45) is 5.71. The van der Waals surface area contributed by atoms with Gasteiger partial charge in [-0.25, -0.2) is 0 Å². The molecular formula is C14H27NO3. The summed E-state index contributed by atoms with van der Waals surface area (Å²) in [7, 11) is 1.40. The van der Waals surface area contributed by atoms with Crippen LogP contribution in [0.4, 0.5) is 0 Å². The molecule has 1 rings (SSSR count). The SMILES string of the molecule is CCC1CCC(O)(CNC(CC)C(=O)OC)CC1. The number of esters is 1. The third-order valence-electron chi connectivity index (χ3n) is 4.18. The van der Waals surface area contributed by atoms with Crippen LogP contribution < -0.4 is 5.32 Å². The van der Waals surface area contributed by atoms with Gasteiger partial charge in [0.2, 0.25) is 0 Å². The van der Waals surface area contributed by atoms with Crippen LogP contribution in [0.5, 0.6) is 0 Å². The van der Waals surface area contributed by atoms with Crippen LogP contribution in [0.2, 0.25) is 0 Å². The Labute approximate surface area is 110 Å². The van der Waals surface area contributed by atoms with E-state index in [9.17, 15) is 9.90 Å². The van der Waals surface area contributed by atoms with Crippen LogP contribution in [0.3, 0.4) is 0 Å². The van der Waals surface area contributed by atoms with Crippen molar-refractivity contribution < 1.29 is 14.6 Å². The normalized spacial score (nSPS) is 29.9. The van der Waals surface area contributed by atoms with Gasteiger partial charge in [0, 0.05) is 6.54 Å². The zero-order valence-electron chi connectivity index (χ0n) is 11.9. The molecule has 0 saturated heterocycles. The van der Waals surface area contributed by atoms with Crippen molar-refractivity contribution in [3.63, 3.8) is 0 Å². The second-order valence-electron chi connectivity index (χ2n) is 5.44. The Bertz CT molecular complexity index is 260. The molecule has 106 valence electrons. The minimum absolute atomic E-state index is 0.247. The molecule has 18 heavy (non-hydrogen) atoms. The third kappa shape index (κ3) is 4.25. The van der Waals surface area contributed by atoms with Gasteiger partial charge in [-0.1, -0.05) is 20.3 Å². The maximum atomic E-state index is 11.5. The van der Waals surface area contributed by atoms with Crippen molar-refractivity contribution in [2.75, 3.05) is 13.7 Å². The quantitative estimate of drug-likeness (QED) is 0.713. The highest BCUT2D eigenvalue weighted by molar-refractivity contribution is 5.75. The fraction of sp³-hybridized carbons (Fsp3) is 0.929. The number of carbonyl (C=O) groups is 1. The summed E-state index contributed by atoms with van der Waals surface area (Å²) < 4.78 is 4.73. The molecule has 1 aliphatic rings. The van der Waals surface area contributed by atoms with E-state index in [1.807, 2.05) is 6.92 Å². The standard InChI is InChI=1S/C14H27NO3/c1-4-11-6-8-14(17,9-7-11)10-15-12(5-2)13(16)18-3/h11-12,15,17H,4-10H2,1-3H3. The van der Waals surface area contributed by atoms with Gasteiger partial charge in [0.1, 0.15) is 6.04 Å². The Morgan fingerprint density at radius 2 is 2.06 bits per heavy atom. The van der Waals surface area contributed by atoms with E-state index in [0.29, 0.717) is 13.0 Å². The maximum Gasteiger partial charge on any atom is 0.322 e. The maximum absolute atomic E-state index is 11.5. The van der Waals surface area contributed by atoms with E-state index in [1.165, 1.54) is 13.5 Å². The molecule has 0 aliphatic heterocycles. The van der Waals surface area contributed by atoms with Gasteiger partial charge in [-0.15, -0.1) is 0 Å². The Morgan fingerprint density at radius 3 is 2.50 bits per heavy atom. The van der Waals surface area contributed by atoms with E-state index in [2.05, 4.69) is 12.2 Å². The Kier molecular flexibility index (Phi) is 6.09. The van der Waals surface area contributed by atoms with Gasteiger partial charge in [0.05, 0.1) is 12.7 Å². The molecular weight excluding hydrogens is 230 g/mol. The van der Waals surface area contributed by atoms with Crippen molar-refractivity contribution in [2.24, 2.45) is 5.92 Å². The predicted molar refractivity (Wildman–Crippen MR) is 71.3 cm³/mol. The van der Waals surface area contributed by atoms with Gasteiger partial charge in [0.15, 0.2) is 0 Å². The minimum atomic E-state index is -0.646. The summed E-state index contributed by atoms with van der Waals surface area (Å²) in [6.45, 7) is 4.63. The molecule has 0 spiro atoms. The van der Waals surface area contributed by atoms with Crippen LogP contribution in [0, 0.1) is 5.92 Å². The highest BCUT2D eigenvalue weighted by Gasteiger charge is 2.33. The number of carbonyl (C=O) groups excluding carboxylic acids is 1. The number of methoxy groups -OCH3 is 1. The van der Waals surface area contributed by atoms with E-state index in [1.54, 1.807) is 0 Å². The molecule has 2 N–H and O–H groups in total. The second kappa shape index (κ2) is 7.10. The number of hydrogen-bond donors (Lipinski definition) is 2. The average Bonchev–Trinajstić information content (AvgIpc) is 2.40. The fourth-order valence-electron chi connectivity index (χ4n) is 2.65. The number of hydrogen-bond acceptors (Lipinski definition) is 4. The smallest absolute Gasteiger partial charge is 0.322 e. The van der Waals surface area contributed by atoms with Gasteiger partial charge < -0.3 is 15.2 Å². The molecule has 4 nitrogen and oxygen atoms in total.